The van der Waals surface area contributed by atoms with Crippen molar-refractivity contribution in [3.63, 3.8) is 0 Å². The summed E-state index contributed by atoms with van der Waals surface area (Å²) in [6, 6.07) is 7.73. The first-order valence-electron chi connectivity index (χ1n) is 6.36. The Morgan fingerprint density at radius 3 is 2.33 bits per heavy atom. The number of rotatable bonds is 7. The molecule has 0 aliphatic heterocycles. The fourth-order valence-electron chi connectivity index (χ4n) is 1.79. The monoisotopic (exact) mass is 248 g/mol. The van der Waals surface area contributed by atoms with Gasteiger partial charge in [-0.05, 0) is 18.4 Å². The maximum Gasteiger partial charge on any atom is 0.305 e. The van der Waals surface area contributed by atoms with Crippen molar-refractivity contribution in [3.8, 4) is 0 Å². The van der Waals surface area contributed by atoms with E-state index in [1.165, 1.54) is 12.7 Å². The largest absolute Gasteiger partial charge is 0.469 e. The molecule has 98 valence electrons. The van der Waals surface area contributed by atoms with E-state index in [4.69, 9.17) is 0 Å². The number of ketones is 1. The Balaban J connectivity index is 2.44. The van der Waals surface area contributed by atoms with E-state index in [9.17, 15) is 9.59 Å². The van der Waals surface area contributed by atoms with Crippen LogP contribution in [0.2, 0.25) is 0 Å². The van der Waals surface area contributed by atoms with Crippen molar-refractivity contribution < 1.29 is 14.3 Å². The zero-order chi connectivity index (χ0) is 13.4. The lowest BCUT2D eigenvalue weighted by Crippen LogP contribution is -2.03. The van der Waals surface area contributed by atoms with Gasteiger partial charge in [0.1, 0.15) is 0 Å². The lowest BCUT2D eigenvalue weighted by atomic mass is 10.0. The summed E-state index contributed by atoms with van der Waals surface area (Å²) < 4.78 is 4.53. The number of carbonyl (C=O) groups excluding carboxylic acids is 2. The molecule has 0 unspecified atom stereocenters. The Bertz CT molecular complexity index is 393. The first-order chi connectivity index (χ1) is 8.67. The maximum absolute atomic E-state index is 11.8. The van der Waals surface area contributed by atoms with Gasteiger partial charge in [-0.3, -0.25) is 9.59 Å². The zero-order valence-electron chi connectivity index (χ0n) is 11.1. The first kappa shape index (κ1) is 14.4. The smallest absolute Gasteiger partial charge is 0.305 e. The lowest BCUT2D eigenvalue weighted by Gasteiger charge is -2.03. The number of Topliss-reactive ketones (excluding diaryl/α,β-unsaturated/α-hetero) is 1. The van der Waals surface area contributed by atoms with E-state index >= 15 is 0 Å². The molecule has 0 spiro atoms. The topological polar surface area (TPSA) is 43.4 Å². The minimum atomic E-state index is -0.263. The van der Waals surface area contributed by atoms with Crippen molar-refractivity contribution in [2.75, 3.05) is 7.11 Å². The quantitative estimate of drug-likeness (QED) is 0.550. The summed E-state index contributed by atoms with van der Waals surface area (Å²) in [5.41, 5.74) is 1.98. The number of hydrogen-bond acceptors (Lipinski definition) is 3. The average Bonchev–Trinajstić information content (AvgIpc) is 2.39. The van der Waals surface area contributed by atoms with Gasteiger partial charge in [-0.1, -0.05) is 37.6 Å². The number of hydrogen-bond donors (Lipinski definition) is 0. The Kier molecular flexibility index (Phi) is 6.12. The fourth-order valence-corrected chi connectivity index (χ4v) is 1.79. The zero-order valence-corrected chi connectivity index (χ0v) is 11.1. The van der Waals surface area contributed by atoms with E-state index in [2.05, 4.69) is 11.7 Å². The van der Waals surface area contributed by atoms with E-state index in [1.807, 2.05) is 24.3 Å². The molecule has 0 atom stereocenters. The van der Waals surface area contributed by atoms with Crippen molar-refractivity contribution >= 4 is 11.8 Å². The summed E-state index contributed by atoms with van der Waals surface area (Å²) in [6.07, 6.45) is 3.38. The summed E-state index contributed by atoms with van der Waals surface area (Å²) in [4.78, 5) is 22.7. The Morgan fingerprint density at radius 1 is 1.11 bits per heavy atom. The second-order valence-electron chi connectivity index (χ2n) is 4.30. The van der Waals surface area contributed by atoms with Crippen LogP contribution in [-0.4, -0.2) is 18.9 Å². The fraction of sp³-hybridized carbons (Fsp3) is 0.467. The molecular weight excluding hydrogens is 228 g/mol. The third kappa shape index (κ3) is 4.70. The van der Waals surface area contributed by atoms with Gasteiger partial charge in [0.25, 0.3) is 0 Å². The molecule has 0 aliphatic carbocycles. The third-order valence-corrected chi connectivity index (χ3v) is 2.83. The highest BCUT2D eigenvalue weighted by Crippen LogP contribution is 2.10. The molecule has 1 aromatic carbocycles. The number of esters is 1. The molecule has 18 heavy (non-hydrogen) atoms. The second-order valence-corrected chi connectivity index (χ2v) is 4.30. The second kappa shape index (κ2) is 7.64. The normalized spacial score (nSPS) is 10.1. The summed E-state index contributed by atoms with van der Waals surface area (Å²) in [7, 11) is 1.36. The van der Waals surface area contributed by atoms with E-state index < -0.39 is 0 Å². The number of carbonyl (C=O) groups is 2. The van der Waals surface area contributed by atoms with Gasteiger partial charge in [-0.2, -0.15) is 0 Å². The summed E-state index contributed by atoms with van der Waals surface area (Å²) in [5.74, 6) is -0.178. The maximum atomic E-state index is 11.8. The van der Waals surface area contributed by atoms with Crippen LogP contribution in [-0.2, 0) is 16.0 Å². The van der Waals surface area contributed by atoms with Crippen molar-refractivity contribution in [2.45, 2.75) is 39.0 Å². The SMILES string of the molecule is CCCc1ccc(C(=O)CCCC(=O)OC)cc1. The van der Waals surface area contributed by atoms with Crippen molar-refractivity contribution in [3.05, 3.63) is 35.4 Å². The van der Waals surface area contributed by atoms with Crippen LogP contribution in [0.15, 0.2) is 24.3 Å². The van der Waals surface area contributed by atoms with Gasteiger partial charge in [-0.25, -0.2) is 0 Å². The van der Waals surface area contributed by atoms with Crippen LogP contribution in [0.5, 0.6) is 0 Å². The number of benzene rings is 1. The lowest BCUT2D eigenvalue weighted by molar-refractivity contribution is -0.140. The molecule has 0 aromatic heterocycles. The molecule has 0 heterocycles. The van der Waals surface area contributed by atoms with Gasteiger partial charge in [0.15, 0.2) is 5.78 Å². The van der Waals surface area contributed by atoms with E-state index in [0.717, 1.165) is 18.4 Å². The van der Waals surface area contributed by atoms with Crippen LogP contribution < -0.4 is 0 Å². The highest BCUT2D eigenvalue weighted by atomic mass is 16.5. The van der Waals surface area contributed by atoms with Crippen molar-refractivity contribution in [2.24, 2.45) is 0 Å². The van der Waals surface area contributed by atoms with Crippen LogP contribution in [0.25, 0.3) is 0 Å². The Hall–Kier alpha value is -1.64. The molecule has 0 radical (unpaired) electrons. The van der Waals surface area contributed by atoms with Crippen LogP contribution >= 0.6 is 0 Å². The molecule has 3 nitrogen and oxygen atoms in total. The predicted molar refractivity (Wildman–Crippen MR) is 70.6 cm³/mol. The number of methoxy groups -OCH3 is 1. The first-order valence-corrected chi connectivity index (χ1v) is 6.36. The number of ether oxygens (including phenoxy) is 1. The van der Waals surface area contributed by atoms with Gasteiger partial charge in [0.2, 0.25) is 0 Å². The van der Waals surface area contributed by atoms with Crippen LogP contribution in [0.4, 0.5) is 0 Å². The minimum Gasteiger partial charge on any atom is -0.469 e. The molecule has 1 rings (SSSR count). The highest BCUT2D eigenvalue weighted by Gasteiger charge is 2.07. The van der Waals surface area contributed by atoms with Gasteiger partial charge in [-0.15, -0.1) is 0 Å². The molecule has 0 fully saturated rings. The molecule has 0 saturated heterocycles. The van der Waals surface area contributed by atoms with E-state index in [0.29, 0.717) is 19.3 Å². The Morgan fingerprint density at radius 2 is 1.78 bits per heavy atom. The molecule has 0 saturated carbocycles. The number of aryl methyl sites for hydroxylation is 1. The summed E-state index contributed by atoms with van der Waals surface area (Å²) >= 11 is 0. The van der Waals surface area contributed by atoms with Gasteiger partial charge < -0.3 is 4.74 Å². The molecular formula is C15H20O3. The van der Waals surface area contributed by atoms with E-state index in [1.54, 1.807) is 0 Å². The predicted octanol–water partition coefficient (Wildman–Crippen LogP) is 3.17. The highest BCUT2D eigenvalue weighted by molar-refractivity contribution is 5.96. The standard InChI is InChI=1S/C15H20O3/c1-3-5-12-8-10-13(11-9-12)14(16)6-4-7-15(17)18-2/h8-11H,3-7H2,1-2H3. The summed E-state index contributed by atoms with van der Waals surface area (Å²) in [6.45, 7) is 2.13. The van der Waals surface area contributed by atoms with Crippen LogP contribution in [0.1, 0.15) is 48.5 Å². The average molecular weight is 248 g/mol. The van der Waals surface area contributed by atoms with E-state index in [-0.39, 0.29) is 11.8 Å². The minimum absolute atomic E-state index is 0.0851. The molecule has 1 aromatic rings. The van der Waals surface area contributed by atoms with Gasteiger partial charge in [0.05, 0.1) is 7.11 Å². The summed E-state index contributed by atoms with van der Waals surface area (Å²) in [5, 5.41) is 0. The van der Waals surface area contributed by atoms with Gasteiger partial charge >= 0.3 is 5.97 Å². The van der Waals surface area contributed by atoms with Crippen molar-refractivity contribution in [1.29, 1.82) is 0 Å². The molecule has 0 bridgehead atoms. The van der Waals surface area contributed by atoms with Crippen LogP contribution in [0.3, 0.4) is 0 Å². The molecule has 0 N–H and O–H groups in total. The van der Waals surface area contributed by atoms with Crippen LogP contribution in [0, 0.1) is 0 Å². The third-order valence-electron chi connectivity index (χ3n) is 2.83. The van der Waals surface area contributed by atoms with Crippen molar-refractivity contribution in [1.82, 2.24) is 0 Å². The molecule has 3 heteroatoms. The Labute approximate surface area is 108 Å². The van der Waals surface area contributed by atoms with Gasteiger partial charge in [0, 0.05) is 18.4 Å². The molecule has 0 aliphatic rings. The molecule has 0 amide bonds.